The van der Waals surface area contributed by atoms with Gasteiger partial charge >= 0.3 is 0 Å². The second kappa shape index (κ2) is 12.1. The lowest BCUT2D eigenvalue weighted by molar-refractivity contribution is 1.18. The third-order valence-corrected chi connectivity index (χ3v) is 8.34. The Balaban J connectivity index is 1.34. The summed E-state index contributed by atoms with van der Waals surface area (Å²) in [6.07, 6.45) is 1.83. The largest absolute Gasteiger partial charge is 0.256 e. The normalized spacial score (nSPS) is 11.0. The predicted octanol–water partition coefficient (Wildman–Crippen LogP) is 11.0. The van der Waals surface area contributed by atoms with E-state index in [1.54, 1.807) is 0 Å². The summed E-state index contributed by atoms with van der Waals surface area (Å²) >= 11 is 0. The smallest absolute Gasteiger partial charge is 0.160 e. The molecule has 2 heterocycles. The van der Waals surface area contributed by atoms with Gasteiger partial charge < -0.3 is 0 Å². The fourth-order valence-electron chi connectivity index (χ4n) is 6.01. The Bertz CT molecular complexity index is 2220. The fraction of sp³-hybridized carbons (Fsp3) is 0. The van der Waals surface area contributed by atoms with Crippen molar-refractivity contribution in [3.05, 3.63) is 176 Å². The molecule has 2 aromatic heterocycles. The number of pyridine rings is 1. The maximum Gasteiger partial charge on any atom is 0.160 e. The van der Waals surface area contributed by atoms with E-state index in [0.29, 0.717) is 5.82 Å². The summed E-state index contributed by atoms with van der Waals surface area (Å²) in [5.41, 5.74) is 11.4. The van der Waals surface area contributed by atoms with Crippen molar-refractivity contribution in [3.8, 4) is 67.4 Å². The molecule has 0 atom stereocenters. The minimum Gasteiger partial charge on any atom is -0.256 e. The number of aromatic nitrogens is 3. The molecule has 8 rings (SSSR count). The molecule has 0 bridgehead atoms. The zero-order valence-electron chi connectivity index (χ0n) is 25.1. The molecule has 0 radical (unpaired) electrons. The molecular formula is C43H29N3. The van der Waals surface area contributed by atoms with Crippen LogP contribution in [0.4, 0.5) is 0 Å². The van der Waals surface area contributed by atoms with E-state index in [4.69, 9.17) is 9.97 Å². The molecule has 0 N–H and O–H groups in total. The van der Waals surface area contributed by atoms with E-state index in [1.165, 1.54) is 16.3 Å². The van der Waals surface area contributed by atoms with Gasteiger partial charge in [0.2, 0.25) is 0 Å². The van der Waals surface area contributed by atoms with E-state index in [9.17, 15) is 0 Å². The van der Waals surface area contributed by atoms with Crippen LogP contribution in [0.3, 0.4) is 0 Å². The van der Waals surface area contributed by atoms with E-state index >= 15 is 0 Å². The minimum atomic E-state index is 0.689. The third-order valence-electron chi connectivity index (χ3n) is 8.34. The Morgan fingerprint density at radius 3 is 1.59 bits per heavy atom. The Labute approximate surface area is 268 Å². The topological polar surface area (TPSA) is 38.7 Å². The molecule has 0 aliphatic rings. The molecule has 0 saturated carbocycles. The van der Waals surface area contributed by atoms with Gasteiger partial charge in [-0.25, -0.2) is 9.97 Å². The molecule has 46 heavy (non-hydrogen) atoms. The van der Waals surface area contributed by atoms with Crippen molar-refractivity contribution in [2.24, 2.45) is 0 Å². The molecule has 0 fully saturated rings. The summed E-state index contributed by atoms with van der Waals surface area (Å²) in [5.74, 6) is 0.689. The summed E-state index contributed by atoms with van der Waals surface area (Å²) in [5, 5.41) is 2.42. The van der Waals surface area contributed by atoms with Crippen LogP contribution in [-0.4, -0.2) is 15.0 Å². The van der Waals surface area contributed by atoms with Crippen molar-refractivity contribution in [1.29, 1.82) is 0 Å². The first kappa shape index (κ1) is 27.4. The van der Waals surface area contributed by atoms with Gasteiger partial charge in [0.05, 0.1) is 17.1 Å². The summed E-state index contributed by atoms with van der Waals surface area (Å²) in [7, 11) is 0. The quantitative estimate of drug-likeness (QED) is 0.194. The lowest BCUT2D eigenvalue weighted by Gasteiger charge is -2.14. The monoisotopic (exact) mass is 587 g/mol. The van der Waals surface area contributed by atoms with Crippen LogP contribution in [0.5, 0.6) is 0 Å². The highest BCUT2D eigenvalue weighted by Gasteiger charge is 2.15. The van der Waals surface area contributed by atoms with Gasteiger partial charge in [0.1, 0.15) is 0 Å². The first-order valence-corrected chi connectivity index (χ1v) is 15.4. The average molecular weight is 588 g/mol. The van der Waals surface area contributed by atoms with Crippen molar-refractivity contribution >= 4 is 10.8 Å². The second-order valence-corrected chi connectivity index (χ2v) is 11.3. The SMILES string of the molecule is c1ccc(-c2cc(-c3ccccc3)nc(-c3cc(-c4ccc(-c5ccccn5)cc4)cc(-c4cccc5ccccc45)c3)n2)cc1. The van der Waals surface area contributed by atoms with Crippen molar-refractivity contribution in [1.82, 2.24) is 15.0 Å². The Kier molecular flexibility index (Phi) is 7.18. The molecule has 0 spiro atoms. The van der Waals surface area contributed by atoms with Crippen LogP contribution in [0.15, 0.2) is 176 Å². The van der Waals surface area contributed by atoms with Crippen LogP contribution in [0.2, 0.25) is 0 Å². The number of benzene rings is 6. The molecule has 0 saturated heterocycles. The van der Waals surface area contributed by atoms with E-state index in [1.807, 2.05) is 60.8 Å². The summed E-state index contributed by atoms with van der Waals surface area (Å²) in [6, 6.07) is 59.1. The van der Waals surface area contributed by atoms with E-state index in [2.05, 4.69) is 120 Å². The predicted molar refractivity (Wildman–Crippen MR) is 190 cm³/mol. The highest BCUT2D eigenvalue weighted by Crippen LogP contribution is 2.37. The van der Waals surface area contributed by atoms with Crippen LogP contribution in [0, 0.1) is 0 Å². The molecule has 8 aromatic rings. The molecular weight excluding hydrogens is 558 g/mol. The van der Waals surface area contributed by atoms with Crippen molar-refractivity contribution in [2.45, 2.75) is 0 Å². The fourth-order valence-corrected chi connectivity index (χ4v) is 6.01. The van der Waals surface area contributed by atoms with Gasteiger partial charge in [0.15, 0.2) is 5.82 Å². The van der Waals surface area contributed by atoms with Gasteiger partial charge in [0.25, 0.3) is 0 Å². The van der Waals surface area contributed by atoms with Gasteiger partial charge in [0, 0.05) is 28.5 Å². The number of rotatable bonds is 6. The molecule has 0 aliphatic carbocycles. The van der Waals surface area contributed by atoms with Crippen LogP contribution >= 0.6 is 0 Å². The zero-order chi connectivity index (χ0) is 30.7. The Morgan fingerprint density at radius 1 is 0.326 bits per heavy atom. The standard InChI is InChI=1S/C43H29N3/c1-3-13-32(14-4-1)41-29-42(33-15-5-2-6-16-33)46-43(45-41)37-27-35(30-21-23-34(24-22-30)40-20-9-10-25-44-40)26-36(28-37)39-19-11-17-31-12-7-8-18-38(31)39/h1-29H. The van der Waals surface area contributed by atoms with Crippen LogP contribution < -0.4 is 0 Å². The van der Waals surface area contributed by atoms with E-state index in [0.717, 1.165) is 56.0 Å². The molecule has 0 amide bonds. The minimum absolute atomic E-state index is 0.689. The Hall–Kier alpha value is -6.19. The Morgan fingerprint density at radius 2 is 0.891 bits per heavy atom. The lowest BCUT2D eigenvalue weighted by Crippen LogP contribution is -1.97. The van der Waals surface area contributed by atoms with Crippen LogP contribution in [0.1, 0.15) is 0 Å². The number of fused-ring (bicyclic) bond motifs is 1. The second-order valence-electron chi connectivity index (χ2n) is 11.3. The van der Waals surface area contributed by atoms with Gasteiger partial charge in [-0.3, -0.25) is 4.98 Å². The number of nitrogens with zero attached hydrogens (tertiary/aromatic N) is 3. The van der Waals surface area contributed by atoms with Gasteiger partial charge in [-0.15, -0.1) is 0 Å². The highest BCUT2D eigenvalue weighted by atomic mass is 14.9. The molecule has 3 heteroatoms. The van der Waals surface area contributed by atoms with Gasteiger partial charge in [-0.1, -0.05) is 133 Å². The molecule has 0 aliphatic heterocycles. The van der Waals surface area contributed by atoms with Gasteiger partial charge in [-0.05, 0) is 69.4 Å². The van der Waals surface area contributed by atoms with Crippen LogP contribution in [-0.2, 0) is 0 Å². The first-order valence-electron chi connectivity index (χ1n) is 15.4. The first-order chi connectivity index (χ1) is 22.8. The summed E-state index contributed by atoms with van der Waals surface area (Å²) < 4.78 is 0. The van der Waals surface area contributed by atoms with E-state index < -0.39 is 0 Å². The summed E-state index contributed by atoms with van der Waals surface area (Å²) in [4.78, 5) is 14.9. The zero-order valence-corrected chi connectivity index (χ0v) is 25.1. The maximum absolute atomic E-state index is 5.17. The third kappa shape index (κ3) is 5.47. The van der Waals surface area contributed by atoms with E-state index in [-0.39, 0.29) is 0 Å². The number of hydrogen-bond acceptors (Lipinski definition) is 3. The molecule has 3 nitrogen and oxygen atoms in total. The van der Waals surface area contributed by atoms with Crippen molar-refractivity contribution in [2.75, 3.05) is 0 Å². The maximum atomic E-state index is 5.17. The van der Waals surface area contributed by atoms with Gasteiger partial charge in [-0.2, -0.15) is 0 Å². The summed E-state index contributed by atoms with van der Waals surface area (Å²) in [6.45, 7) is 0. The molecule has 0 unspecified atom stereocenters. The van der Waals surface area contributed by atoms with Crippen LogP contribution in [0.25, 0.3) is 78.2 Å². The average Bonchev–Trinajstić information content (AvgIpc) is 3.15. The number of hydrogen-bond donors (Lipinski definition) is 0. The van der Waals surface area contributed by atoms with Crippen molar-refractivity contribution < 1.29 is 0 Å². The lowest BCUT2D eigenvalue weighted by atomic mass is 9.92. The molecule has 216 valence electrons. The highest BCUT2D eigenvalue weighted by molar-refractivity contribution is 5.98. The van der Waals surface area contributed by atoms with Crippen molar-refractivity contribution in [3.63, 3.8) is 0 Å². The molecule has 6 aromatic carbocycles.